The molecule has 4 aliphatic rings. The highest BCUT2D eigenvalue weighted by Crippen LogP contribution is 2.67. The average Bonchev–Trinajstić information content (AvgIpc) is 2.98. The second kappa shape index (κ2) is 8.64. The third-order valence-electron chi connectivity index (χ3n) is 9.82. The smallest absolute Gasteiger partial charge is 0.302 e. The molecular weight excluding hydrogens is 408 g/mol. The maximum absolute atomic E-state index is 12.0. The molecule has 9 atom stereocenters. The molecule has 0 aromatic carbocycles. The van der Waals surface area contributed by atoms with E-state index < -0.39 is 0 Å². The van der Waals surface area contributed by atoms with E-state index in [-0.39, 0.29) is 46.9 Å². The van der Waals surface area contributed by atoms with E-state index in [4.69, 9.17) is 14.2 Å². The first-order chi connectivity index (χ1) is 15.0. The summed E-state index contributed by atoms with van der Waals surface area (Å²) in [5.74, 6) is 1.74. The molecule has 0 radical (unpaired) electrons. The van der Waals surface area contributed by atoms with E-state index in [0.29, 0.717) is 30.3 Å². The fraction of sp³-hybridized carbons (Fsp3) is 0.885. The Hall–Kier alpha value is -1.59. The van der Waals surface area contributed by atoms with Crippen LogP contribution < -0.4 is 0 Å². The molecule has 6 nitrogen and oxygen atoms in total. The second-order valence-corrected chi connectivity index (χ2v) is 11.5. The number of esters is 3. The number of fused-ring (bicyclic) bond motifs is 5. The Kier molecular flexibility index (Phi) is 6.36. The predicted molar refractivity (Wildman–Crippen MR) is 118 cm³/mol. The highest BCUT2D eigenvalue weighted by molar-refractivity contribution is 5.67. The summed E-state index contributed by atoms with van der Waals surface area (Å²) in [6.07, 6.45) is 8.48. The highest BCUT2D eigenvalue weighted by atomic mass is 16.6. The maximum atomic E-state index is 12.0. The summed E-state index contributed by atoms with van der Waals surface area (Å²) in [6, 6.07) is 0. The zero-order valence-electron chi connectivity index (χ0n) is 20.4. The van der Waals surface area contributed by atoms with Crippen LogP contribution in [-0.2, 0) is 28.6 Å². The quantitative estimate of drug-likeness (QED) is 0.459. The standard InChI is InChI=1S/C26H40O6/c1-15(27)30-14-18-12-23-21-7-6-19-13-20(31-16(2)28)8-10-25(19,4)22(21)9-11-26(23,5)24(18)32-17(3)29/h18-24H,6-14H2,1-5H3/t18-,19+,20+,21-,22+,23+,24+,25+,26+/m1/s1. The van der Waals surface area contributed by atoms with Crippen molar-refractivity contribution in [3.8, 4) is 0 Å². The van der Waals surface area contributed by atoms with Crippen molar-refractivity contribution in [2.45, 2.75) is 98.2 Å². The van der Waals surface area contributed by atoms with Crippen molar-refractivity contribution in [2.24, 2.45) is 40.4 Å². The Morgan fingerprint density at radius 2 is 1.47 bits per heavy atom. The van der Waals surface area contributed by atoms with Gasteiger partial charge in [-0.15, -0.1) is 0 Å². The van der Waals surface area contributed by atoms with Gasteiger partial charge < -0.3 is 14.2 Å². The largest absolute Gasteiger partial charge is 0.465 e. The molecule has 4 saturated carbocycles. The SMILES string of the molecule is CC(=O)OC[C@H]1C[C@H]2[C@@H]3CC[C@H]4C[C@@H](OC(C)=O)CC[C@]4(C)[C@H]3CC[C@]2(C)[C@H]1OC(C)=O. The van der Waals surface area contributed by atoms with Crippen molar-refractivity contribution < 1.29 is 28.6 Å². The summed E-state index contributed by atoms with van der Waals surface area (Å²) in [6.45, 7) is 9.56. The number of hydrogen-bond donors (Lipinski definition) is 0. The predicted octanol–water partition coefficient (Wildman–Crippen LogP) is 4.68. The Morgan fingerprint density at radius 3 is 2.12 bits per heavy atom. The average molecular weight is 449 g/mol. The van der Waals surface area contributed by atoms with Gasteiger partial charge in [-0.2, -0.15) is 0 Å². The molecule has 0 unspecified atom stereocenters. The number of carbonyl (C=O) groups is 3. The van der Waals surface area contributed by atoms with Crippen LogP contribution in [0.2, 0.25) is 0 Å². The Balaban J connectivity index is 1.54. The molecule has 0 aromatic heterocycles. The minimum Gasteiger partial charge on any atom is -0.465 e. The molecule has 0 spiro atoms. The molecular formula is C26H40O6. The summed E-state index contributed by atoms with van der Waals surface area (Å²) in [7, 11) is 0. The first-order valence-corrected chi connectivity index (χ1v) is 12.5. The zero-order valence-corrected chi connectivity index (χ0v) is 20.4. The molecule has 4 aliphatic carbocycles. The van der Waals surface area contributed by atoms with Crippen LogP contribution in [0.5, 0.6) is 0 Å². The summed E-state index contributed by atoms with van der Waals surface area (Å²) < 4.78 is 16.9. The first-order valence-electron chi connectivity index (χ1n) is 12.5. The van der Waals surface area contributed by atoms with Gasteiger partial charge in [0.05, 0.1) is 6.61 Å². The van der Waals surface area contributed by atoms with Gasteiger partial charge in [0, 0.05) is 32.1 Å². The van der Waals surface area contributed by atoms with Gasteiger partial charge in [-0.1, -0.05) is 13.8 Å². The van der Waals surface area contributed by atoms with Crippen LogP contribution in [0.25, 0.3) is 0 Å². The van der Waals surface area contributed by atoms with Crippen LogP contribution in [0.4, 0.5) is 0 Å². The lowest BCUT2D eigenvalue weighted by molar-refractivity contribution is -0.170. The highest BCUT2D eigenvalue weighted by Gasteiger charge is 2.63. The van der Waals surface area contributed by atoms with Crippen LogP contribution in [0.15, 0.2) is 0 Å². The number of rotatable bonds is 4. The van der Waals surface area contributed by atoms with Gasteiger partial charge >= 0.3 is 17.9 Å². The lowest BCUT2D eigenvalue weighted by atomic mass is 9.45. The summed E-state index contributed by atoms with van der Waals surface area (Å²) in [4.78, 5) is 34.9. The third-order valence-corrected chi connectivity index (χ3v) is 9.82. The van der Waals surface area contributed by atoms with Gasteiger partial charge in [-0.3, -0.25) is 14.4 Å². The Bertz CT molecular complexity index is 763. The van der Waals surface area contributed by atoms with Crippen molar-refractivity contribution in [3.05, 3.63) is 0 Å². The van der Waals surface area contributed by atoms with Gasteiger partial charge in [-0.05, 0) is 80.5 Å². The number of ether oxygens (including phenoxy) is 3. The van der Waals surface area contributed by atoms with Crippen molar-refractivity contribution in [3.63, 3.8) is 0 Å². The molecule has 0 heterocycles. The van der Waals surface area contributed by atoms with E-state index in [1.54, 1.807) is 0 Å². The lowest BCUT2D eigenvalue weighted by Crippen LogP contribution is -2.55. The van der Waals surface area contributed by atoms with Gasteiger partial charge in [0.15, 0.2) is 0 Å². The molecule has 0 bridgehead atoms. The van der Waals surface area contributed by atoms with Gasteiger partial charge in [0.1, 0.15) is 12.2 Å². The van der Waals surface area contributed by atoms with Crippen molar-refractivity contribution in [2.75, 3.05) is 6.61 Å². The summed E-state index contributed by atoms with van der Waals surface area (Å²) >= 11 is 0. The second-order valence-electron chi connectivity index (χ2n) is 11.5. The van der Waals surface area contributed by atoms with Crippen molar-refractivity contribution in [1.82, 2.24) is 0 Å². The summed E-state index contributed by atoms with van der Waals surface area (Å²) in [5.41, 5.74) is 0.224. The van der Waals surface area contributed by atoms with Gasteiger partial charge in [0.25, 0.3) is 0 Å². The van der Waals surface area contributed by atoms with E-state index in [1.165, 1.54) is 33.6 Å². The molecule has 0 amide bonds. The fourth-order valence-electron chi connectivity index (χ4n) is 8.48. The molecule has 0 N–H and O–H groups in total. The Labute approximate surface area is 192 Å². The van der Waals surface area contributed by atoms with E-state index in [2.05, 4.69) is 13.8 Å². The van der Waals surface area contributed by atoms with Crippen molar-refractivity contribution >= 4 is 17.9 Å². The van der Waals surface area contributed by atoms with Gasteiger partial charge in [0.2, 0.25) is 0 Å². The molecule has 6 heteroatoms. The van der Waals surface area contributed by atoms with E-state index in [1.807, 2.05) is 0 Å². The topological polar surface area (TPSA) is 78.9 Å². The monoisotopic (exact) mass is 448 g/mol. The van der Waals surface area contributed by atoms with E-state index in [9.17, 15) is 14.4 Å². The van der Waals surface area contributed by atoms with Gasteiger partial charge in [-0.25, -0.2) is 0 Å². The van der Waals surface area contributed by atoms with E-state index >= 15 is 0 Å². The van der Waals surface area contributed by atoms with Crippen LogP contribution in [0.3, 0.4) is 0 Å². The molecule has 180 valence electrons. The molecule has 0 aromatic rings. The first kappa shape index (κ1) is 23.6. The fourth-order valence-corrected chi connectivity index (χ4v) is 8.48. The number of carbonyl (C=O) groups excluding carboxylic acids is 3. The van der Waals surface area contributed by atoms with Crippen LogP contribution in [-0.4, -0.2) is 36.7 Å². The number of hydrogen-bond acceptors (Lipinski definition) is 6. The van der Waals surface area contributed by atoms with Crippen LogP contribution in [0.1, 0.15) is 86.0 Å². The minimum absolute atomic E-state index is 0.0597. The molecule has 0 aliphatic heterocycles. The van der Waals surface area contributed by atoms with E-state index in [0.717, 1.165) is 38.5 Å². The zero-order chi connectivity index (χ0) is 23.3. The molecule has 0 saturated heterocycles. The Morgan fingerprint density at radius 1 is 0.781 bits per heavy atom. The lowest BCUT2D eigenvalue weighted by Gasteiger charge is -2.60. The van der Waals surface area contributed by atoms with Crippen LogP contribution >= 0.6 is 0 Å². The molecule has 32 heavy (non-hydrogen) atoms. The van der Waals surface area contributed by atoms with Crippen LogP contribution in [0, 0.1) is 40.4 Å². The third kappa shape index (κ3) is 4.07. The molecule has 4 rings (SSSR count). The maximum Gasteiger partial charge on any atom is 0.302 e. The minimum atomic E-state index is -0.276. The summed E-state index contributed by atoms with van der Waals surface area (Å²) in [5, 5.41) is 0. The molecule has 4 fully saturated rings. The van der Waals surface area contributed by atoms with Crippen molar-refractivity contribution in [1.29, 1.82) is 0 Å². The normalized spacial score (nSPS) is 45.1.